The van der Waals surface area contributed by atoms with Gasteiger partial charge in [0.25, 0.3) is 0 Å². The van der Waals surface area contributed by atoms with Crippen molar-refractivity contribution in [3.8, 4) is 0 Å². The third kappa shape index (κ3) is 2.32. The number of benzene rings is 1. The van der Waals surface area contributed by atoms with Crippen molar-refractivity contribution in [1.82, 2.24) is 7.96 Å². The van der Waals surface area contributed by atoms with Crippen LogP contribution in [-0.4, -0.2) is 29.0 Å². The quantitative estimate of drug-likeness (QED) is 0.752. The summed E-state index contributed by atoms with van der Waals surface area (Å²) in [5, 5.41) is 3.48. The van der Waals surface area contributed by atoms with Crippen molar-refractivity contribution in [3.63, 3.8) is 0 Å². The molecule has 0 amide bonds. The second-order valence-electron chi connectivity index (χ2n) is 4.27. The first-order chi connectivity index (χ1) is 8.83. The Kier molecular flexibility index (Phi) is 3.17. The summed E-state index contributed by atoms with van der Waals surface area (Å²) in [4.78, 5) is 0. The summed E-state index contributed by atoms with van der Waals surface area (Å²) in [6, 6.07) is 10.3. The molecule has 3 rings (SSSR count). The second-order valence-corrected chi connectivity index (χ2v) is 5.38. The molecule has 0 fully saturated rings. The molecule has 0 aliphatic rings. The van der Waals surface area contributed by atoms with Gasteiger partial charge >= 0.3 is 111 Å². The molecule has 1 unspecified atom stereocenters. The van der Waals surface area contributed by atoms with Crippen molar-refractivity contribution < 1.29 is 4.42 Å². The second kappa shape index (κ2) is 4.96. The van der Waals surface area contributed by atoms with Gasteiger partial charge in [-0.3, -0.25) is 0 Å². The van der Waals surface area contributed by atoms with Crippen molar-refractivity contribution in [1.29, 1.82) is 0 Å². The Hall–Kier alpha value is -1.58. The number of furan rings is 1. The third-order valence-electron chi connectivity index (χ3n) is 2.78. The monoisotopic (exact) mass is 307 g/mol. The molecule has 0 aliphatic heterocycles. The molecule has 0 aliphatic carbocycles. The van der Waals surface area contributed by atoms with Crippen molar-refractivity contribution in [2.24, 2.45) is 0 Å². The molecule has 0 bridgehead atoms. The molecule has 1 N–H and O–H groups in total. The van der Waals surface area contributed by atoms with E-state index in [0.29, 0.717) is 6.04 Å². The average molecular weight is 306 g/mol. The number of nitrogens with one attached hydrogen (secondary N) is 1. The molecule has 1 atom stereocenters. The van der Waals surface area contributed by atoms with E-state index in [1.165, 1.54) is 0 Å². The van der Waals surface area contributed by atoms with Crippen LogP contribution in [0.2, 0.25) is 0 Å². The maximum absolute atomic E-state index is 5.36. The predicted molar refractivity (Wildman–Crippen MR) is 72.0 cm³/mol. The summed E-state index contributed by atoms with van der Waals surface area (Å²) in [7, 11) is 0. The van der Waals surface area contributed by atoms with E-state index in [4.69, 9.17) is 4.42 Å². The Morgan fingerprint density at radius 2 is 2.22 bits per heavy atom. The Morgan fingerprint density at radius 3 is 3.06 bits per heavy atom. The van der Waals surface area contributed by atoms with E-state index in [0.717, 1.165) is 28.9 Å². The van der Waals surface area contributed by atoms with Gasteiger partial charge in [0.1, 0.15) is 0 Å². The van der Waals surface area contributed by atoms with Gasteiger partial charge in [0.05, 0.1) is 0 Å². The van der Waals surface area contributed by atoms with Crippen LogP contribution in [0.3, 0.4) is 0 Å². The summed E-state index contributed by atoms with van der Waals surface area (Å²) >= 11 is 0.0182. The fraction of sp³-hybridized carbons (Fsp3) is 0.231. The number of fused-ring (bicyclic) bond motifs is 1. The molecular formula is C13H13N3OSe. The van der Waals surface area contributed by atoms with Gasteiger partial charge in [-0.05, 0) is 0 Å². The van der Waals surface area contributed by atoms with E-state index >= 15 is 0 Å². The average Bonchev–Trinajstić information content (AvgIpc) is 2.99. The van der Waals surface area contributed by atoms with Crippen molar-refractivity contribution >= 4 is 31.7 Å². The maximum atomic E-state index is 5.36. The normalized spacial score (nSPS) is 12.7. The number of hydrogen-bond acceptors (Lipinski definition) is 4. The van der Waals surface area contributed by atoms with Crippen LogP contribution >= 0.6 is 0 Å². The minimum absolute atomic E-state index is 0.0182. The first kappa shape index (κ1) is 11.5. The molecule has 0 saturated heterocycles. The topological polar surface area (TPSA) is 51.0 Å². The summed E-state index contributed by atoms with van der Waals surface area (Å²) in [6.07, 6.45) is 2.57. The van der Waals surface area contributed by atoms with Gasteiger partial charge in [-0.1, -0.05) is 0 Å². The predicted octanol–water partition coefficient (Wildman–Crippen LogP) is 2.32. The van der Waals surface area contributed by atoms with E-state index in [9.17, 15) is 0 Å². The van der Waals surface area contributed by atoms with Crippen LogP contribution in [0.25, 0.3) is 11.0 Å². The van der Waals surface area contributed by atoms with Crippen LogP contribution in [0.1, 0.15) is 12.7 Å². The molecule has 2 aromatic heterocycles. The zero-order valence-electron chi connectivity index (χ0n) is 9.96. The van der Waals surface area contributed by atoms with E-state index in [2.05, 4.69) is 26.3 Å². The third-order valence-corrected chi connectivity index (χ3v) is 3.91. The van der Waals surface area contributed by atoms with E-state index < -0.39 is 0 Å². The molecule has 0 radical (unpaired) electrons. The van der Waals surface area contributed by atoms with Gasteiger partial charge in [0.2, 0.25) is 0 Å². The van der Waals surface area contributed by atoms with Crippen LogP contribution < -0.4 is 5.32 Å². The minimum atomic E-state index is 0.0182. The van der Waals surface area contributed by atoms with Crippen molar-refractivity contribution in [3.05, 3.63) is 42.4 Å². The molecule has 1 aromatic carbocycles. The molecule has 3 aromatic rings. The molecule has 92 valence electrons. The van der Waals surface area contributed by atoms with E-state index in [1.54, 1.807) is 6.26 Å². The molecule has 0 saturated carbocycles. The van der Waals surface area contributed by atoms with Crippen LogP contribution in [-0.2, 0) is 6.42 Å². The standard InChI is InChI=1S/C13H13N3OSe/c1-9(8-10-4-3-7-17-10)14-11-5-2-6-12-13(11)16-18-15-12/h2-7,9,14H,8H2,1H3. The number of nitrogens with zero attached hydrogens (tertiary/aromatic N) is 2. The van der Waals surface area contributed by atoms with Crippen LogP contribution in [0, 0.1) is 0 Å². The Labute approximate surface area is 111 Å². The van der Waals surface area contributed by atoms with Gasteiger partial charge in [0, 0.05) is 0 Å². The summed E-state index contributed by atoms with van der Waals surface area (Å²) in [5.41, 5.74) is 3.07. The van der Waals surface area contributed by atoms with Gasteiger partial charge < -0.3 is 0 Å². The number of anilines is 1. The van der Waals surface area contributed by atoms with Crippen LogP contribution in [0.5, 0.6) is 0 Å². The molecule has 2 heterocycles. The molecule has 0 spiro atoms. The number of aromatic nitrogens is 2. The molecule has 5 heteroatoms. The SMILES string of the molecule is CC(Cc1ccco1)Nc1cccc2n[se]nc12. The first-order valence-corrected chi connectivity index (χ1v) is 7.36. The van der Waals surface area contributed by atoms with Crippen LogP contribution in [0.4, 0.5) is 5.69 Å². The van der Waals surface area contributed by atoms with Crippen LogP contribution in [0.15, 0.2) is 41.0 Å². The van der Waals surface area contributed by atoms with Crippen molar-refractivity contribution in [2.75, 3.05) is 5.32 Å². The number of rotatable bonds is 4. The van der Waals surface area contributed by atoms with Gasteiger partial charge in [-0.25, -0.2) is 0 Å². The van der Waals surface area contributed by atoms with Gasteiger partial charge in [-0.2, -0.15) is 0 Å². The fourth-order valence-corrected chi connectivity index (χ4v) is 3.12. The molecule has 4 nitrogen and oxygen atoms in total. The Bertz CT molecular complexity index is 633. The van der Waals surface area contributed by atoms with E-state index in [-0.39, 0.29) is 15.0 Å². The first-order valence-electron chi connectivity index (χ1n) is 5.83. The zero-order valence-corrected chi connectivity index (χ0v) is 11.7. The molecule has 18 heavy (non-hydrogen) atoms. The number of hydrogen-bond donors (Lipinski definition) is 1. The van der Waals surface area contributed by atoms with Gasteiger partial charge in [-0.15, -0.1) is 0 Å². The Morgan fingerprint density at radius 1 is 1.28 bits per heavy atom. The Balaban J connectivity index is 1.77. The fourth-order valence-electron chi connectivity index (χ4n) is 1.97. The van der Waals surface area contributed by atoms with E-state index in [1.807, 2.05) is 24.3 Å². The zero-order chi connectivity index (χ0) is 12.4. The van der Waals surface area contributed by atoms with Crippen molar-refractivity contribution in [2.45, 2.75) is 19.4 Å². The van der Waals surface area contributed by atoms with Gasteiger partial charge in [0.15, 0.2) is 0 Å². The summed E-state index contributed by atoms with van der Waals surface area (Å²) in [6.45, 7) is 2.14. The summed E-state index contributed by atoms with van der Waals surface area (Å²) < 4.78 is 14.2. The summed E-state index contributed by atoms with van der Waals surface area (Å²) in [5.74, 6) is 0.994. The molecular weight excluding hydrogens is 293 g/mol.